The molecule has 0 bridgehead atoms. The van der Waals surface area contributed by atoms with Crippen molar-refractivity contribution < 1.29 is 14.3 Å². The molecule has 0 unspecified atom stereocenters. The highest BCUT2D eigenvalue weighted by Gasteiger charge is 2.22. The number of hydrogen-bond donors (Lipinski definition) is 2. The molecule has 20 heavy (non-hydrogen) atoms. The van der Waals surface area contributed by atoms with Gasteiger partial charge in [0.15, 0.2) is 12.3 Å². The Morgan fingerprint density at radius 1 is 1.40 bits per heavy atom. The molecule has 1 amide bonds. The zero-order valence-corrected chi connectivity index (χ0v) is 12.6. The summed E-state index contributed by atoms with van der Waals surface area (Å²) in [6.45, 7) is 7.09. The predicted octanol–water partition coefficient (Wildman–Crippen LogP) is 0.636. The minimum Gasteiger partial charge on any atom is -0.451 e. The molecule has 0 aromatic carbocycles. The van der Waals surface area contributed by atoms with Crippen LogP contribution in [0.4, 0.5) is 5.69 Å². The van der Waals surface area contributed by atoms with E-state index in [4.69, 9.17) is 10.5 Å². The first-order valence-electron chi connectivity index (χ1n) is 6.45. The summed E-state index contributed by atoms with van der Waals surface area (Å²) < 4.78 is 6.34. The quantitative estimate of drug-likeness (QED) is 0.789. The van der Waals surface area contributed by atoms with Gasteiger partial charge in [0.25, 0.3) is 5.91 Å². The Morgan fingerprint density at radius 3 is 2.45 bits per heavy atom. The Hall–Kier alpha value is -2.05. The standard InChI is InChI=1S/C13H22N4O3/c1-6-8-10(14)11(17(5)16-8)12(19)20-7-9(18)15-13(2,3)4/h6-7,14H2,1-5H3,(H,15,18). The average Bonchev–Trinajstić information content (AvgIpc) is 2.59. The Labute approximate surface area is 118 Å². The van der Waals surface area contributed by atoms with Crippen LogP contribution in [-0.2, 0) is 23.0 Å². The summed E-state index contributed by atoms with van der Waals surface area (Å²) in [4.78, 5) is 23.5. The fraction of sp³-hybridized carbons (Fsp3) is 0.615. The van der Waals surface area contributed by atoms with Crippen LogP contribution < -0.4 is 11.1 Å². The largest absolute Gasteiger partial charge is 0.451 e. The molecule has 0 saturated carbocycles. The Morgan fingerprint density at radius 2 is 2.00 bits per heavy atom. The van der Waals surface area contributed by atoms with Crippen LogP contribution in [0.1, 0.15) is 43.9 Å². The summed E-state index contributed by atoms with van der Waals surface area (Å²) >= 11 is 0. The number of ether oxygens (including phenoxy) is 1. The molecule has 1 aromatic rings. The predicted molar refractivity (Wildman–Crippen MR) is 75.2 cm³/mol. The zero-order chi connectivity index (χ0) is 15.5. The summed E-state index contributed by atoms with van der Waals surface area (Å²) in [5.74, 6) is -1.01. The van der Waals surface area contributed by atoms with Crippen molar-refractivity contribution in [3.05, 3.63) is 11.4 Å². The molecule has 0 aliphatic carbocycles. The van der Waals surface area contributed by atoms with Crippen molar-refractivity contribution in [1.29, 1.82) is 0 Å². The number of anilines is 1. The number of rotatable bonds is 4. The van der Waals surface area contributed by atoms with Gasteiger partial charge in [-0.1, -0.05) is 6.92 Å². The summed E-state index contributed by atoms with van der Waals surface area (Å²) in [6, 6.07) is 0. The SMILES string of the molecule is CCc1nn(C)c(C(=O)OCC(=O)NC(C)(C)C)c1N. The molecule has 0 aliphatic rings. The van der Waals surface area contributed by atoms with E-state index in [9.17, 15) is 9.59 Å². The van der Waals surface area contributed by atoms with Gasteiger partial charge in [0.2, 0.25) is 0 Å². The molecular weight excluding hydrogens is 260 g/mol. The van der Waals surface area contributed by atoms with Crippen molar-refractivity contribution in [1.82, 2.24) is 15.1 Å². The summed E-state index contributed by atoms with van der Waals surface area (Å²) in [5.41, 5.74) is 6.58. The summed E-state index contributed by atoms with van der Waals surface area (Å²) in [7, 11) is 1.61. The third-order valence-corrected chi connectivity index (χ3v) is 2.54. The Bertz CT molecular complexity index is 514. The molecule has 0 fully saturated rings. The molecule has 0 spiro atoms. The van der Waals surface area contributed by atoms with Gasteiger partial charge < -0.3 is 15.8 Å². The van der Waals surface area contributed by atoms with Gasteiger partial charge in [-0.15, -0.1) is 0 Å². The maximum Gasteiger partial charge on any atom is 0.359 e. The number of nitrogens with zero attached hydrogens (tertiary/aromatic N) is 2. The smallest absolute Gasteiger partial charge is 0.359 e. The molecule has 0 aliphatic heterocycles. The molecule has 7 heteroatoms. The molecule has 1 rings (SSSR count). The van der Waals surface area contributed by atoms with Crippen molar-refractivity contribution in [2.24, 2.45) is 7.05 Å². The highest BCUT2D eigenvalue weighted by molar-refractivity contribution is 5.95. The van der Waals surface area contributed by atoms with E-state index in [2.05, 4.69) is 10.4 Å². The van der Waals surface area contributed by atoms with Gasteiger partial charge in [-0.3, -0.25) is 9.48 Å². The second-order valence-corrected chi connectivity index (χ2v) is 5.56. The van der Waals surface area contributed by atoms with Crippen LogP contribution in [0.15, 0.2) is 0 Å². The van der Waals surface area contributed by atoms with Gasteiger partial charge in [-0.2, -0.15) is 5.10 Å². The molecule has 0 atom stereocenters. The van der Waals surface area contributed by atoms with E-state index in [0.29, 0.717) is 17.8 Å². The number of aryl methyl sites for hydroxylation is 2. The van der Waals surface area contributed by atoms with E-state index in [1.807, 2.05) is 27.7 Å². The first-order chi connectivity index (χ1) is 9.15. The molecule has 0 saturated heterocycles. The maximum atomic E-state index is 11.9. The first-order valence-corrected chi connectivity index (χ1v) is 6.45. The Kier molecular flexibility index (Phi) is 4.75. The number of nitrogen functional groups attached to an aromatic ring is 1. The lowest BCUT2D eigenvalue weighted by molar-refractivity contribution is -0.125. The van der Waals surface area contributed by atoms with Crippen molar-refractivity contribution in [2.45, 2.75) is 39.7 Å². The molecular formula is C13H22N4O3. The van der Waals surface area contributed by atoms with E-state index in [1.165, 1.54) is 4.68 Å². The van der Waals surface area contributed by atoms with Crippen LogP contribution in [0, 0.1) is 0 Å². The van der Waals surface area contributed by atoms with Gasteiger partial charge in [0, 0.05) is 12.6 Å². The van der Waals surface area contributed by atoms with Gasteiger partial charge in [-0.05, 0) is 27.2 Å². The Balaban J connectivity index is 2.69. The number of nitrogens with two attached hydrogens (primary N) is 1. The summed E-state index contributed by atoms with van der Waals surface area (Å²) in [5, 5.41) is 6.83. The van der Waals surface area contributed by atoms with E-state index < -0.39 is 5.97 Å². The molecule has 7 nitrogen and oxygen atoms in total. The van der Waals surface area contributed by atoms with Crippen molar-refractivity contribution in [3.8, 4) is 0 Å². The van der Waals surface area contributed by atoms with E-state index in [0.717, 1.165) is 0 Å². The van der Waals surface area contributed by atoms with Crippen LogP contribution in [0.5, 0.6) is 0 Å². The number of carbonyl (C=O) groups excluding carboxylic acids is 2. The highest BCUT2D eigenvalue weighted by Crippen LogP contribution is 2.17. The number of amides is 1. The van der Waals surface area contributed by atoms with Crippen LogP contribution >= 0.6 is 0 Å². The van der Waals surface area contributed by atoms with E-state index >= 15 is 0 Å². The molecule has 3 N–H and O–H groups in total. The fourth-order valence-corrected chi connectivity index (χ4v) is 1.75. The van der Waals surface area contributed by atoms with Crippen LogP contribution in [0.25, 0.3) is 0 Å². The fourth-order valence-electron chi connectivity index (χ4n) is 1.75. The topological polar surface area (TPSA) is 99.2 Å². The average molecular weight is 282 g/mol. The number of aromatic nitrogens is 2. The third-order valence-electron chi connectivity index (χ3n) is 2.54. The number of esters is 1. The van der Waals surface area contributed by atoms with E-state index in [-0.39, 0.29) is 23.7 Å². The summed E-state index contributed by atoms with van der Waals surface area (Å²) in [6.07, 6.45) is 0.622. The van der Waals surface area contributed by atoms with Gasteiger partial charge in [-0.25, -0.2) is 4.79 Å². The lowest BCUT2D eigenvalue weighted by atomic mass is 10.1. The minimum absolute atomic E-state index is 0.172. The molecule has 1 aromatic heterocycles. The normalized spacial score (nSPS) is 11.2. The first kappa shape index (κ1) is 16.0. The lowest BCUT2D eigenvalue weighted by Gasteiger charge is -2.20. The lowest BCUT2D eigenvalue weighted by Crippen LogP contribution is -2.42. The van der Waals surface area contributed by atoms with E-state index in [1.54, 1.807) is 7.05 Å². The van der Waals surface area contributed by atoms with Crippen molar-refractivity contribution in [2.75, 3.05) is 12.3 Å². The van der Waals surface area contributed by atoms with Gasteiger partial charge >= 0.3 is 5.97 Å². The molecule has 1 heterocycles. The number of hydrogen-bond acceptors (Lipinski definition) is 5. The third kappa shape index (κ3) is 3.97. The number of nitrogens with one attached hydrogen (secondary N) is 1. The van der Waals surface area contributed by atoms with Crippen molar-refractivity contribution in [3.63, 3.8) is 0 Å². The van der Waals surface area contributed by atoms with Gasteiger partial charge in [0.1, 0.15) is 0 Å². The second kappa shape index (κ2) is 5.94. The van der Waals surface area contributed by atoms with Crippen LogP contribution in [0.2, 0.25) is 0 Å². The monoisotopic (exact) mass is 282 g/mol. The van der Waals surface area contributed by atoms with Crippen LogP contribution in [0.3, 0.4) is 0 Å². The van der Waals surface area contributed by atoms with Crippen LogP contribution in [-0.4, -0.2) is 33.8 Å². The van der Waals surface area contributed by atoms with Crippen molar-refractivity contribution >= 4 is 17.6 Å². The second-order valence-electron chi connectivity index (χ2n) is 5.56. The number of carbonyl (C=O) groups is 2. The maximum absolute atomic E-state index is 11.9. The zero-order valence-electron chi connectivity index (χ0n) is 12.6. The minimum atomic E-state index is -0.652. The molecule has 112 valence electrons. The van der Waals surface area contributed by atoms with Gasteiger partial charge in [0.05, 0.1) is 11.4 Å². The molecule has 0 radical (unpaired) electrons. The highest BCUT2D eigenvalue weighted by atomic mass is 16.5.